The highest BCUT2D eigenvalue weighted by atomic mass is 32.2. The summed E-state index contributed by atoms with van der Waals surface area (Å²) >= 11 is 0. The van der Waals surface area contributed by atoms with Gasteiger partial charge in [-0.3, -0.25) is 0 Å². The molecule has 0 amide bonds. The fourth-order valence-electron chi connectivity index (χ4n) is 4.97. The van der Waals surface area contributed by atoms with E-state index in [1.807, 2.05) is 41.5 Å². The van der Waals surface area contributed by atoms with E-state index in [1.165, 1.54) is 0 Å². The summed E-state index contributed by atoms with van der Waals surface area (Å²) in [6, 6.07) is 13.6. The molecule has 0 unspecified atom stereocenters. The third kappa shape index (κ3) is 9.36. The van der Waals surface area contributed by atoms with Gasteiger partial charge in [-0.2, -0.15) is 0 Å². The van der Waals surface area contributed by atoms with E-state index < -0.39 is 20.0 Å². The quantitative estimate of drug-likeness (QED) is 0.263. The molecule has 1 saturated carbocycles. The molecule has 0 spiro atoms. The highest BCUT2D eigenvalue weighted by Crippen LogP contribution is 2.20. The Bertz CT molecular complexity index is 1180. The summed E-state index contributed by atoms with van der Waals surface area (Å²) in [6.07, 6.45) is 4.17. The molecule has 3 rings (SSSR count). The standard InChI is InChI=1S/C30H48N4O4S2/c1-21(2)29(33-39(35,36)25-15-11-23(5)12-16-25)19-31-27-9-7-8-10-28(27)32-20-30(22(3)4)34-40(37,38)26-17-13-24(6)14-18-26/h11-18,21-22,27-34H,7-10,19-20H2,1-6H3/t27-,28-,29+,30+/m0/s1. The van der Waals surface area contributed by atoms with Gasteiger partial charge < -0.3 is 10.6 Å². The maximum Gasteiger partial charge on any atom is 0.240 e. The third-order valence-electron chi connectivity index (χ3n) is 7.85. The van der Waals surface area contributed by atoms with Crippen molar-refractivity contribution in [1.82, 2.24) is 20.1 Å². The van der Waals surface area contributed by atoms with Crippen LogP contribution in [0.15, 0.2) is 58.3 Å². The lowest BCUT2D eigenvalue weighted by Crippen LogP contribution is -2.56. The molecular formula is C30H48N4O4S2. The van der Waals surface area contributed by atoms with Crippen LogP contribution in [0, 0.1) is 25.7 Å². The van der Waals surface area contributed by atoms with Gasteiger partial charge in [0.25, 0.3) is 0 Å². The molecule has 0 radical (unpaired) electrons. The van der Waals surface area contributed by atoms with Crippen molar-refractivity contribution in [3.05, 3.63) is 59.7 Å². The van der Waals surface area contributed by atoms with E-state index in [9.17, 15) is 16.8 Å². The predicted octanol–water partition coefficient (Wildman–Crippen LogP) is 4.10. The Morgan fingerprint density at radius 1 is 0.625 bits per heavy atom. The average Bonchev–Trinajstić information content (AvgIpc) is 2.89. The summed E-state index contributed by atoms with van der Waals surface area (Å²) < 4.78 is 58.0. The topological polar surface area (TPSA) is 116 Å². The Morgan fingerprint density at radius 3 is 1.25 bits per heavy atom. The van der Waals surface area contributed by atoms with Gasteiger partial charge in [0.2, 0.25) is 20.0 Å². The molecule has 0 bridgehead atoms. The van der Waals surface area contributed by atoms with Gasteiger partial charge in [0.15, 0.2) is 0 Å². The molecule has 0 saturated heterocycles. The number of sulfonamides is 2. The molecular weight excluding hydrogens is 544 g/mol. The van der Waals surface area contributed by atoms with Crippen LogP contribution >= 0.6 is 0 Å². The van der Waals surface area contributed by atoms with Crippen LogP contribution in [0.2, 0.25) is 0 Å². The molecule has 10 heteroatoms. The Morgan fingerprint density at radius 2 is 0.950 bits per heavy atom. The Balaban J connectivity index is 1.62. The summed E-state index contributed by atoms with van der Waals surface area (Å²) in [5, 5.41) is 7.28. The smallest absolute Gasteiger partial charge is 0.240 e. The second-order valence-corrected chi connectivity index (χ2v) is 15.3. The lowest BCUT2D eigenvalue weighted by Gasteiger charge is -2.36. The number of nitrogens with one attached hydrogen (secondary N) is 4. The van der Waals surface area contributed by atoms with Gasteiger partial charge in [0.1, 0.15) is 0 Å². The van der Waals surface area contributed by atoms with Gasteiger partial charge >= 0.3 is 0 Å². The summed E-state index contributed by atoms with van der Waals surface area (Å²) in [4.78, 5) is 0.544. The average molecular weight is 593 g/mol. The maximum atomic E-state index is 13.0. The largest absolute Gasteiger partial charge is 0.311 e. The molecule has 1 aliphatic rings. The number of hydrogen-bond acceptors (Lipinski definition) is 6. The van der Waals surface area contributed by atoms with Crippen molar-refractivity contribution >= 4 is 20.0 Å². The van der Waals surface area contributed by atoms with Crippen molar-refractivity contribution in [3.8, 4) is 0 Å². The molecule has 0 aliphatic heterocycles. The monoisotopic (exact) mass is 592 g/mol. The molecule has 4 atom stereocenters. The van der Waals surface area contributed by atoms with Crippen LogP contribution < -0.4 is 20.1 Å². The van der Waals surface area contributed by atoms with Crippen LogP contribution in [-0.2, 0) is 20.0 Å². The molecule has 8 nitrogen and oxygen atoms in total. The lowest BCUT2D eigenvalue weighted by molar-refractivity contribution is 0.260. The van der Waals surface area contributed by atoms with Crippen LogP contribution in [0.3, 0.4) is 0 Å². The van der Waals surface area contributed by atoms with E-state index in [0.717, 1.165) is 36.8 Å². The van der Waals surface area contributed by atoms with E-state index in [1.54, 1.807) is 48.5 Å². The fraction of sp³-hybridized carbons (Fsp3) is 0.600. The molecule has 1 aliphatic carbocycles. The zero-order chi connectivity index (χ0) is 29.5. The molecule has 0 aromatic heterocycles. The highest BCUT2D eigenvalue weighted by molar-refractivity contribution is 7.89. The number of benzene rings is 2. The highest BCUT2D eigenvalue weighted by Gasteiger charge is 2.29. The van der Waals surface area contributed by atoms with Crippen molar-refractivity contribution in [2.24, 2.45) is 11.8 Å². The van der Waals surface area contributed by atoms with Crippen LogP contribution in [0.1, 0.15) is 64.5 Å². The van der Waals surface area contributed by atoms with E-state index in [0.29, 0.717) is 13.1 Å². The minimum absolute atomic E-state index is 0.101. The van der Waals surface area contributed by atoms with Crippen molar-refractivity contribution < 1.29 is 16.8 Å². The third-order valence-corrected chi connectivity index (χ3v) is 10.9. The fourth-order valence-corrected chi connectivity index (χ4v) is 7.74. The van der Waals surface area contributed by atoms with Crippen molar-refractivity contribution in [2.45, 2.75) is 101 Å². The summed E-state index contributed by atoms with van der Waals surface area (Å²) in [5.41, 5.74) is 2.03. The minimum Gasteiger partial charge on any atom is -0.311 e. The summed E-state index contributed by atoms with van der Waals surface area (Å²) in [6.45, 7) is 13.0. The normalized spacial score (nSPS) is 20.1. The Kier molecular flexibility index (Phi) is 11.8. The molecule has 224 valence electrons. The van der Waals surface area contributed by atoms with Gasteiger partial charge in [-0.1, -0.05) is 75.9 Å². The van der Waals surface area contributed by atoms with Crippen molar-refractivity contribution in [3.63, 3.8) is 0 Å². The van der Waals surface area contributed by atoms with Crippen LogP contribution in [0.5, 0.6) is 0 Å². The summed E-state index contributed by atoms with van der Waals surface area (Å²) in [7, 11) is -7.26. The predicted molar refractivity (Wildman–Crippen MR) is 162 cm³/mol. The number of aryl methyl sites for hydroxylation is 2. The van der Waals surface area contributed by atoms with Gasteiger partial charge in [-0.15, -0.1) is 0 Å². The van der Waals surface area contributed by atoms with Crippen molar-refractivity contribution in [2.75, 3.05) is 13.1 Å². The molecule has 4 N–H and O–H groups in total. The van der Waals surface area contributed by atoms with Gasteiger partial charge in [0, 0.05) is 37.3 Å². The second-order valence-electron chi connectivity index (χ2n) is 11.9. The first kappa shape index (κ1) is 32.7. The first-order valence-corrected chi connectivity index (χ1v) is 17.4. The molecule has 0 heterocycles. The minimum atomic E-state index is -3.63. The van der Waals surface area contributed by atoms with E-state index in [2.05, 4.69) is 20.1 Å². The zero-order valence-electron chi connectivity index (χ0n) is 24.8. The van der Waals surface area contributed by atoms with Gasteiger partial charge in [0.05, 0.1) is 9.79 Å². The van der Waals surface area contributed by atoms with E-state index >= 15 is 0 Å². The number of hydrogen-bond donors (Lipinski definition) is 4. The molecule has 1 fully saturated rings. The first-order chi connectivity index (χ1) is 18.8. The van der Waals surface area contributed by atoms with Gasteiger partial charge in [-0.05, 0) is 62.8 Å². The lowest BCUT2D eigenvalue weighted by atomic mass is 9.89. The second kappa shape index (κ2) is 14.4. The van der Waals surface area contributed by atoms with E-state index in [-0.39, 0.29) is 45.8 Å². The van der Waals surface area contributed by atoms with Crippen molar-refractivity contribution in [1.29, 1.82) is 0 Å². The maximum absolute atomic E-state index is 13.0. The molecule has 40 heavy (non-hydrogen) atoms. The van der Waals surface area contributed by atoms with E-state index in [4.69, 9.17) is 0 Å². The Labute approximate surface area is 242 Å². The molecule has 2 aromatic rings. The Hall–Kier alpha value is -1.82. The van der Waals surface area contributed by atoms with Crippen LogP contribution in [0.4, 0.5) is 0 Å². The van der Waals surface area contributed by atoms with Crippen LogP contribution in [-0.4, -0.2) is 54.1 Å². The number of rotatable bonds is 14. The SMILES string of the molecule is Cc1ccc(S(=O)(=O)N[C@H](CN[C@H]2CCCC[C@@H]2NC[C@@H](NS(=O)(=O)c2ccc(C)cc2)C(C)C)C(C)C)cc1. The summed E-state index contributed by atoms with van der Waals surface area (Å²) in [5.74, 6) is 0.202. The zero-order valence-corrected chi connectivity index (χ0v) is 26.4. The first-order valence-electron chi connectivity index (χ1n) is 14.4. The van der Waals surface area contributed by atoms with Crippen LogP contribution in [0.25, 0.3) is 0 Å². The van der Waals surface area contributed by atoms with Gasteiger partial charge in [-0.25, -0.2) is 26.3 Å². The molecule has 2 aromatic carbocycles.